The molecule has 4 heteroatoms. The van der Waals surface area contributed by atoms with Crippen molar-refractivity contribution in [2.45, 2.75) is 38.2 Å². The number of carbonyl (C=O) groups excluding carboxylic acids is 2. The Labute approximate surface area is 112 Å². The molecule has 1 amide bonds. The van der Waals surface area contributed by atoms with E-state index in [1.54, 1.807) is 24.3 Å². The van der Waals surface area contributed by atoms with E-state index in [4.69, 9.17) is 10.5 Å². The van der Waals surface area contributed by atoms with Crippen LogP contribution in [-0.4, -0.2) is 11.9 Å². The molecule has 0 aliphatic heterocycles. The summed E-state index contributed by atoms with van der Waals surface area (Å²) < 4.78 is 5.25. The van der Waals surface area contributed by atoms with Crippen molar-refractivity contribution in [3.63, 3.8) is 0 Å². The molecule has 1 unspecified atom stereocenters. The van der Waals surface area contributed by atoms with E-state index < -0.39 is 12.0 Å². The van der Waals surface area contributed by atoms with Crippen LogP contribution in [-0.2, 0) is 14.3 Å². The minimum Gasteiger partial charge on any atom is -0.447 e. The molecule has 1 atom stereocenters. The molecule has 1 fully saturated rings. The van der Waals surface area contributed by atoms with Crippen LogP contribution in [0.2, 0.25) is 0 Å². The van der Waals surface area contributed by atoms with E-state index in [0.717, 1.165) is 12.8 Å². The lowest BCUT2D eigenvalue weighted by atomic mass is 10.0. The fraction of sp³-hybridized carbons (Fsp3) is 0.467. The molecule has 0 radical (unpaired) electrons. The summed E-state index contributed by atoms with van der Waals surface area (Å²) in [5.41, 5.74) is 5.93. The van der Waals surface area contributed by atoms with Crippen molar-refractivity contribution >= 4 is 11.9 Å². The molecule has 2 rings (SSSR count). The summed E-state index contributed by atoms with van der Waals surface area (Å²) in [6, 6.07) is 8.88. The molecule has 0 spiro atoms. The zero-order chi connectivity index (χ0) is 13.7. The first-order valence-electron chi connectivity index (χ1n) is 6.70. The van der Waals surface area contributed by atoms with Gasteiger partial charge in [0.1, 0.15) is 0 Å². The number of primary amides is 1. The first-order chi connectivity index (χ1) is 9.16. The van der Waals surface area contributed by atoms with Crippen molar-refractivity contribution < 1.29 is 14.3 Å². The van der Waals surface area contributed by atoms with Crippen LogP contribution in [0.1, 0.15) is 43.8 Å². The number of hydrogen-bond donors (Lipinski definition) is 1. The highest BCUT2D eigenvalue weighted by molar-refractivity contribution is 5.83. The highest BCUT2D eigenvalue weighted by Gasteiger charge is 2.25. The smallest absolute Gasteiger partial charge is 0.307 e. The Morgan fingerprint density at radius 2 is 1.84 bits per heavy atom. The van der Waals surface area contributed by atoms with Gasteiger partial charge in [-0.3, -0.25) is 9.59 Å². The second-order valence-electron chi connectivity index (χ2n) is 5.04. The van der Waals surface area contributed by atoms with Crippen LogP contribution in [0.4, 0.5) is 0 Å². The van der Waals surface area contributed by atoms with Crippen LogP contribution in [0.5, 0.6) is 0 Å². The lowest BCUT2D eigenvalue weighted by molar-refractivity contribution is -0.156. The molecular weight excluding hydrogens is 242 g/mol. The van der Waals surface area contributed by atoms with Gasteiger partial charge in [-0.15, -0.1) is 0 Å². The predicted octanol–water partition coefficient (Wildman–Crippen LogP) is 2.34. The highest BCUT2D eigenvalue weighted by atomic mass is 16.5. The van der Waals surface area contributed by atoms with Crippen LogP contribution in [0, 0.1) is 5.92 Å². The van der Waals surface area contributed by atoms with E-state index in [-0.39, 0.29) is 5.97 Å². The molecule has 4 nitrogen and oxygen atoms in total. The second kappa shape index (κ2) is 6.36. The van der Waals surface area contributed by atoms with E-state index in [1.807, 2.05) is 6.07 Å². The number of rotatable bonds is 5. The summed E-state index contributed by atoms with van der Waals surface area (Å²) in [5, 5.41) is 0. The average Bonchev–Trinajstić information content (AvgIpc) is 2.89. The summed E-state index contributed by atoms with van der Waals surface area (Å²) in [5.74, 6) is -0.567. The van der Waals surface area contributed by atoms with E-state index in [1.165, 1.54) is 12.8 Å². The summed E-state index contributed by atoms with van der Waals surface area (Å²) in [6.45, 7) is 0. The van der Waals surface area contributed by atoms with Crippen LogP contribution < -0.4 is 5.73 Å². The molecule has 0 saturated heterocycles. The van der Waals surface area contributed by atoms with Gasteiger partial charge in [0.2, 0.25) is 6.10 Å². The van der Waals surface area contributed by atoms with E-state index >= 15 is 0 Å². The maximum Gasteiger partial charge on any atom is 0.307 e. The predicted molar refractivity (Wildman–Crippen MR) is 71.0 cm³/mol. The maximum absolute atomic E-state index is 11.9. The zero-order valence-electron chi connectivity index (χ0n) is 10.9. The third kappa shape index (κ3) is 3.81. The third-order valence-electron chi connectivity index (χ3n) is 3.54. The van der Waals surface area contributed by atoms with Crippen molar-refractivity contribution in [3.05, 3.63) is 35.9 Å². The van der Waals surface area contributed by atoms with E-state index in [9.17, 15) is 9.59 Å². The molecule has 1 aliphatic rings. The van der Waals surface area contributed by atoms with Gasteiger partial charge in [0, 0.05) is 12.0 Å². The number of carbonyl (C=O) groups is 2. The van der Waals surface area contributed by atoms with Gasteiger partial charge in [0.05, 0.1) is 0 Å². The largest absolute Gasteiger partial charge is 0.447 e. The van der Waals surface area contributed by atoms with Crippen LogP contribution >= 0.6 is 0 Å². The number of amides is 1. The molecule has 1 aromatic rings. The fourth-order valence-electron chi connectivity index (χ4n) is 2.55. The Kier molecular flexibility index (Phi) is 4.55. The molecule has 0 heterocycles. The number of ether oxygens (including phenoxy) is 1. The van der Waals surface area contributed by atoms with Gasteiger partial charge in [-0.25, -0.2) is 0 Å². The molecule has 1 aromatic carbocycles. The first-order valence-corrected chi connectivity index (χ1v) is 6.70. The zero-order valence-corrected chi connectivity index (χ0v) is 10.9. The molecule has 1 saturated carbocycles. The van der Waals surface area contributed by atoms with Crippen molar-refractivity contribution in [1.29, 1.82) is 0 Å². The van der Waals surface area contributed by atoms with Crippen molar-refractivity contribution in [1.82, 2.24) is 0 Å². The summed E-state index contributed by atoms with van der Waals surface area (Å²) >= 11 is 0. The molecular formula is C15H19NO3. The Bertz CT molecular complexity index is 438. The molecule has 0 bridgehead atoms. The Hall–Kier alpha value is -1.84. The van der Waals surface area contributed by atoms with Crippen LogP contribution in [0.3, 0.4) is 0 Å². The lowest BCUT2D eigenvalue weighted by Gasteiger charge is -2.16. The molecule has 2 N–H and O–H groups in total. The molecule has 19 heavy (non-hydrogen) atoms. The van der Waals surface area contributed by atoms with Gasteiger partial charge in [-0.2, -0.15) is 0 Å². The quantitative estimate of drug-likeness (QED) is 0.827. The monoisotopic (exact) mass is 261 g/mol. The van der Waals surface area contributed by atoms with Gasteiger partial charge in [-0.1, -0.05) is 43.2 Å². The molecule has 1 aliphatic carbocycles. The summed E-state index contributed by atoms with van der Waals surface area (Å²) in [6.07, 6.45) is 3.90. The number of nitrogens with two attached hydrogens (primary N) is 1. The standard InChI is InChI=1S/C15H19NO3/c16-15(18)14(12-8-2-1-3-9-12)19-13(17)10-11-6-4-5-7-11/h1-3,8-9,11,14H,4-7,10H2,(H2,16,18). The molecule has 0 aromatic heterocycles. The second-order valence-corrected chi connectivity index (χ2v) is 5.04. The third-order valence-corrected chi connectivity index (χ3v) is 3.54. The van der Waals surface area contributed by atoms with E-state index in [2.05, 4.69) is 0 Å². The summed E-state index contributed by atoms with van der Waals surface area (Å²) in [4.78, 5) is 23.3. The number of esters is 1. The molecule has 102 valence electrons. The minimum absolute atomic E-state index is 0.334. The average molecular weight is 261 g/mol. The Morgan fingerprint density at radius 3 is 2.42 bits per heavy atom. The maximum atomic E-state index is 11.9. The Balaban J connectivity index is 1.97. The fourth-order valence-corrected chi connectivity index (χ4v) is 2.55. The van der Waals surface area contributed by atoms with Crippen molar-refractivity contribution in [2.24, 2.45) is 11.7 Å². The van der Waals surface area contributed by atoms with Gasteiger partial charge >= 0.3 is 5.97 Å². The normalized spacial score (nSPS) is 17.1. The summed E-state index contributed by atoms with van der Waals surface area (Å²) in [7, 11) is 0. The van der Waals surface area contributed by atoms with Gasteiger partial charge in [-0.05, 0) is 18.8 Å². The van der Waals surface area contributed by atoms with Gasteiger partial charge in [0.25, 0.3) is 5.91 Å². The van der Waals surface area contributed by atoms with Gasteiger partial charge in [0.15, 0.2) is 0 Å². The van der Waals surface area contributed by atoms with Crippen molar-refractivity contribution in [2.75, 3.05) is 0 Å². The SMILES string of the molecule is NC(=O)C(OC(=O)CC1CCCC1)c1ccccc1. The van der Waals surface area contributed by atoms with Gasteiger partial charge < -0.3 is 10.5 Å². The Morgan fingerprint density at radius 1 is 1.21 bits per heavy atom. The minimum atomic E-state index is -0.977. The number of benzene rings is 1. The van der Waals surface area contributed by atoms with Crippen molar-refractivity contribution in [3.8, 4) is 0 Å². The number of hydrogen-bond acceptors (Lipinski definition) is 3. The first kappa shape index (κ1) is 13.6. The lowest BCUT2D eigenvalue weighted by Crippen LogP contribution is -2.26. The highest BCUT2D eigenvalue weighted by Crippen LogP contribution is 2.28. The topological polar surface area (TPSA) is 69.4 Å². The van der Waals surface area contributed by atoms with Crippen LogP contribution in [0.25, 0.3) is 0 Å². The van der Waals surface area contributed by atoms with E-state index in [0.29, 0.717) is 17.9 Å². The van der Waals surface area contributed by atoms with Crippen LogP contribution in [0.15, 0.2) is 30.3 Å².